The minimum Gasteiger partial charge on any atom is -0.354 e. The summed E-state index contributed by atoms with van der Waals surface area (Å²) in [6.45, 7) is 11.1. The van der Waals surface area contributed by atoms with Crippen molar-refractivity contribution >= 4 is 5.91 Å². The number of carbonyl (C=O) groups is 1. The lowest BCUT2D eigenvalue weighted by atomic mass is 9.67. The highest BCUT2D eigenvalue weighted by Crippen LogP contribution is 2.42. The van der Waals surface area contributed by atoms with Gasteiger partial charge in [-0.2, -0.15) is 0 Å². The molecule has 0 spiro atoms. The predicted molar refractivity (Wildman–Crippen MR) is 91.8 cm³/mol. The van der Waals surface area contributed by atoms with Gasteiger partial charge in [-0.3, -0.25) is 9.69 Å². The molecule has 0 radical (unpaired) electrons. The van der Waals surface area contributed by atoms with Crippen molar-refractivity contribution in [3.63, 3.8) is 0 Å². The molecule has 0 aromatic heterocycles. The number of hydrogen-bond donors (Lipinski definition) is 1. The van der Waals surface area contributed by atoms with Crippen molar-refractivity contribution in [2.24, 2.45) is 17.3 Å². The van der Waals surface area contributed by atoms with Gasteiger partial charge in [0.2, 0.25) is 5.91 Å². The Balaban J connectivity index is 1.75. The number of amides is 1. The first-order valence-electron chi connectivity index (χ1n) is 8.90. The van der Waals surface area contributed by atoms with Gasteiger partial charge < -0.3 is 10.2 Å². The number of likely N-dealkylation sites (N-methyl/N-ethyl adjacent to an activating group) is 2. The van der Waals surface area contributed by atoms with Crippen LogP contribution >= 0.6 is 0 Å². The zero-order valence-corrected chi connectivity index (χ0v) is 15.2. The van der Waals surface area contributed by atoms with Crippen molar-refractivity contribution in [2.45, 2.75) is 52.5 Å². The molecule has 1 saturated heterocycles. The average Bonchev–Trinajstić information content (AvgIpc) is 2.37. The van der Waals surface area contributed by atoms with Gasteiger partial charge in [0.15, 0.2) is 0 Å². The predicted octanol–water partition coefficient (Wildman–Crippen LogP) is 2.20. The van der Waals surface area contributed by atoms with Gasteiger partial charge in [-0.1, -0.05) is 20.8 Å². The van der Waals surface area contributed by atoms with E-state index in [1.54, 1.807) is 0 Å². The van der Waals surface area contributed by atoms with Gasteiger partial charge >= 0.3 is 0 Å². The lowest BCUT2D eigenvalue weighted by Gasteiger charge is -2.39. The monoisotopic (exact) mass is 309 g/mol. The molecule has 2 fully saturated rings. The molecule has 1 saturated carbocycles. The summed E-state index contributed by atoms with van der Waals surface area (Å²) in [5.41, 5.74) is 0.398. The summed E-state index contributed by atoms with van der Waals surface area (Å²) < 4.78 is 0. The van der Waals surface area contributed by atoms with Crippen LogP contribution in [0.25, 0.3) is 0 Å². The molecule has 1 heterocycles. The molecule has 1 aliphatic carbocycles. The van der Waals surface area contributed by atoms with Crippen LogP contribution in [0.2, 0.25) is 0 Å². The van der Waals surface area contributed by atoms with E-state index in [0.717, 1.165) is 32.1 Å². The van der Waals surface area contributed by atoms with E-state index >= 15 is 0 Å². The Morgan fingerprint density at radius 1 is 1.23 bits per heavy atom. The topological polar surface area (TPSA) is 35.6 Å². The standard InChI is InChI=1S/C18H35N3O/c1-14-8-15(11-18(2,3)10-14)9-17(22)19-12-16-13-20(4)6-7-21(16)5/h14-16H,6-13H2,1-5H3,(H,19,22). The summed E-state index contributed by atoms with van der Waals surface area (Å²) in [6.07, 6.45) is 4.41. The lowest BCUT2D eigenvalue weighted by Crippen LogP contribution is -2.54. The molecule has 2 aliphatic rings. The molecule has 1 N–H and O–H groups in total. The fourth-order valence-electron chi connectivity index (χ4n) is 4.59. The zero-order valence-electron chi connectivity index (χ0n) is 15.2. The molecule has 0 bridgehead atoms. The molecule has 4 heteroatoms. The van der Waals surface area contributed by atoms with Crippen molar-refractivity contribution in [3.8, 4) is 0 Å². The molecule has 128 valence electrons. The Labute approximate surface area is 136 Å². The second kappa shape index (κ2) is 7.31. The minimum absolute atomic E-state index is 0.247. The molecule has 3 unspecified atom stereocenters. The lowest BCUT2D eigenvalue weighted by molar-refractivity contribution is -0.123. The summed E-state index contributed by atoms with van der Waals surface area (Å²) >= 11 is 0. The molecule has 22 heavy (non-hydrogen) atoms. The van der Waals surface area contributed by atoms with Crippen molar-refractivity contribution in [2.75, 3.05) is 40.3 Å². The molecular weight excluding hydrogens is 274 g/mol. The first-order valence-corrected chi connectivity index (χ1v) is 8.90. The van der Waals surface area contributed by atoms with Crippen LogP contribution in [0.1, 0.15) is 46.5 Å². The van der Waals surface area contributed by atoms with Crippen LogP contribution in [-0.4, -0.2) is 62.0 Å². The minimum atomic E-state index is 0.247. The van der Waals surface area contributed by atoms with Crippen molar-refractivity contribution < 1.29 is 4.79 Å². The van der Waals surface area contributed by atoms with Crippen LogP contribution in [0.5, 0.6) is 0 Å². The highest BCUT2D eigenvalue weighted by Gasteiger charge is 2.33. The number of carbonyl (C=O) groups excluding carboxylic acids is 1. The second-order valence-corrected chi connectivity index (χ2v) is 8.68. The Morgan fingerprint density at radius 2 is 1.95 bits per heavy atom. The number of nitrogens with zero attached hydrogens (tertiary/aromatic N) is 2. The normalized spacial score (nSPS) is 33.6. The highest BCUT2D eigenvalue weighted by atomic mass is 16.1. The van der Waals surface area contributed by atoms with Crippen molar-refractivity contribution in [1.82, 2.24) is 15.1 Å². The van der Waals surface area contributed by atoms with Gasteiger partial charge in [-0.25, -0.2) is 0 Å². The Bertz CT molecular complexity index is 383. The maximum absolute atomic E-state index is 12.3. The smallest absolute Gasteiger partial charge is 0.220 e. The van der Waals surface area contributed by atoms with Crippen LogP contribution in [-0.2, 0) is 4.79 Å². The molecule has 4 nitrogen and oxygen atoms in total. The van der Waals surface area contributed by atoms with E-state index in [1.807, 2.05) is 0 Å². The van der Waals surface area contributed by atoms with Crippen LogP contribution in [0.4, 0.5) is 0 Å². The molecule has 3 atom stereocenters. The molecule has 1 amide bonds. The van der Waals surface area contributed by atoms with Crippen molar-refractivity contribution in [1.29, 1.82) is 0 Å². The molecule has 0 aromatic rings. The van der Waals surface area contributed by atoms with E-state index in [9.17, 15) is 4.79 Å². The number of piperazine rings is 1. The van der Waals surface area contributed by atoms with E-state index < -0.39 is 0 Å². The van der Waals surface area contributed by atoms with Crippen LogP contribution < -0.4 is 5.32 Å². The number of hydrogen-bond acceptors (Lipinski definition) is 3. The van der Waals surface area contributed by atoms with Gasteiger partial charge in [0, 0.05) is 38.6 Å². The SMILES string of the molecule is CC1CC(CC(=O)NCC2CN(C)CCN2C)CC(C)(C)C1. The van der Waals surface area contributed by atoms with Gasteiger partial charge in [-0.15, -0.1) is 0 Å². The maximum Gasteiger partial charge on any atom is 0.220 e. The fraction of sp³-hybridized carbons (Fsp3) is 0.944. The average molecular weight is 309 g/mol. The Kier molecular flexibility index (Phi) is 5.89. The molecule has 2 rings (SSSR count). The van der Waals surface area contributed by atoms with Crippen LogP contribution in [0.15, 0.2) is 0 Å². The Hall–Kier alpha value is -0.610. The summed E-state index contributed by atoms with van der Waals surface area (Å²) in [5, 5.41) is 3.19. The van der Waals surface area contributed by atoms with Crippen LogP contribution in [0, 0.1) is 17.3 Å². The van der Waals surface area contributed by atoms with E-state index in [2.05, 4.69) is 50.0 Å². The molecule has 0 aromatic carbocycles. The third kappa shape index (κ3) is 5.24. The largest absolute Gasteiger partial charge is 0.354 e. The fourth-order valence-corrected chi connectivity index (χ4v) is 4.59. The van der Waals surface area contributed by atoms with E-state index in [4.69, 9.17) is 0 Å². The van der Waals surface area contributed by atoms with Gasteiger partial charge in [0.05, 0.1) is 0 Å². The van der Waals surface area contributed by atoms with Crippen molar-refractivity contribution in [3.05, 3.63) is 0 Å². The van der Waals surface area contributed by atoms with Crippen LogP contribution in [0.3, 0.4) is 0 Å². The highest BCUT2D eigenvalue weighted by molar-refractivity contribution is 5.76. The maximum atomic E-state index is 12.3. The Morgan fingerprint density at radius 3 is 2.64 bits per heavy atom. The molecular formula is C18H35N3O. The van der Waals surface area contributed by atoms with E-state index in [1.165, 1.54) is 19.3 Å². The number of rotatable bonds is 4. The first-order chi connectivity index (χ1) is 10.2. The summed E-state index contributed by atoms with van der Waals surface area (Å²) in [4.78, 5) is 17.0. The number of nitrogens with one attached hydrogen (secondary N) is 1. The summed E-state index contributed by atoms with van der Waals surface area (Å²) in [6, 6.07) is 0.449. The second-order valence-electron chi connectivity index (χ2n) is 8.68. The van der Waals surface area contributed by atoms with Gasteiger partial charge in [0.1, 0.15) is 0 Å². The third-order valence-electron chi connectivity index (χ3n) is 5.47. The summed E-state index contributed by atoms with van der Waals surface area (Å²) in [5.74, 6) is 1.56. The summed E-state index contributed by atoms with van der Waals surface area (Å²) in [7, 11) is 4.32. The van der Waals surface area contributed by atoms with Gasteiger partial charge in [0.25, 0.3) is 0 Å². The van der Waals surface area contributed by atoms with Gasteiger partial charge in [-0.05, 0) is 50.6 Å². The zero-order chi connectivity index (χ0) is 16.3. The van der Waals surface area contributed by atoms with E-state index in [0.29, 0.717) is 23.8 Å². The quantitative estimate of drug-likeness (QED) is 0.865. The third-order valence-corrected chi connectivity index (χ3v) is 5.47. The van der Waals surface area contributed by atoms with E-state index in [-0.39, 0.29) is 5.91 Å². The molecule has 1 aliphatic heterocycles. The first kappa shape index (κ1) is 17.7.